The zero-order chi connectivity index (χ0) is 22.8. The van der Waals surface area contributed by atoms with Gasteiger partial charge in [-0.05, 0) is 43.3 Å². The Labute approximate surface area is 194 Å². The Balaban J connectivity index is 1.56. The Morgan fingerprint density at radius 1 is 1.09 bits per heavy atom. The first-order valence-corrected chi connectivity index (χ1v) is 11.2. The third-order valence-electron chi connectivity index (χ3n) is 5.35. The Hall–Kier alpha value is -4.04. The van der Waals surface area contributed by atoms with Gasteiger partial charge >= 0.3 is 0 Å². The standard InChI is InChI=1S/C25H21N5O2S/c1-17-21(15-27-30(17)19-9-4-3-5-10-19)24(31)29(16-18-8-6-7-13-26-18)25-28-22-14-20(32-2)11-12-23(22)33-25/h3-15H,16H2,1-2H3. The number of nitrogens with zero attached hydrogens (tertiary/aromatic N) is 5. The molecule has 0 N–H and O–H groups in total. The van der Waals surface area contributed by atoms with E-state index in [-0.39, 0.29) is 5.91 Å². The topological polar surface area (TPSA) is 73.1 Å². The van der Waals surface area contributed by atoms with Gasteiger partial charge < -0.3 is 4.74 Å². The molecule has 5 rings (SSSR count). The molecule has 0 aliphatic heterocycles. The number of methoxy groups -OCH3 is 1. The summed E-state index contributed by atoms with van der Waals surface area (Å²) >= 11 is 1.46. The fourth-order valence-corrected chi connectivity index (χ4v) is 4.56. The Bertz CT molecular complexity index is 1410. The number of aromatic nitrogens is 4. The van der Waals surface area contributed by atoms with Crippen LogP contribution in [0.5, 0.6) is 5.75 Å². The molecule has 0 atom stereocenters. The van der Waals surface area contributed by atoms with Crippen molar-refractivity contribution >= 4 is 32.6 Å². The lowest BCUT2D eigenvalue weighted by molar-refractivity contribution is 0.0984. The SMILES string of the molecule is COc1ccc2sc(N(Cc3ccccn3)C(=O)c3cnn(-c4ccccc4)c3C)nc2c1. The van der Waals surface area contributed by atoms with Crippen LogP contribution in [-0.2, 0) is 6.54 Å². The third kappa shape index (κ3) is 4.08. The molecule has 0 saturated carbocycles. The highest BCUT2D eigenvalue weighted by Gasteiger charge is 2.26. The second-order valence-electron chi connectivity index (χ2n) is 7.43. The van der Waals surface area contributed by atoms with Gasteiger partial charge in [-0.2, -0.15) is 5.10 Å². The molecule has 1 amide bonds. The Kier molecular flexibility index (Phi) is 5.58. The fourth-order valence-electron chi connectivity index (χ4n) is 3.61. The largest absolute Gasteiger partial charge is 0.497 e. The zero-order valence-corrected chi connectivity index (χ0v) is 19.0. The van der Waals surface area contributed by atoms with E-state index >= 15 is 0 Å². The van der Waals surface area contributed by atoms with E-state index in [4.69, 9.17) is 9.72 Å². The molecule has 0 spiro atoms. The van der Waals surface area contributed by atoms with Gasteiger partial charge in [0.05, 0.1) is 52.7 Å². The molecule has 0 saturated heterocycles. The van der Waals surface area contributed by atoms with Crippen LogP contribution in [0.2, 0.25) is 0 Å². The monoisotopic (exact) mass is 455 g/mol. The smallest absolute Gasteiger partial charge is 0.263 e. The number of hydrogen-bond donors (Lipinski definition) is 0. The lowest BCUT2D eigenvalue weighted by Gasteiger charge is -2.19. The first-order chi connectivity index (χ1) is 16.1. The average Bonchev–Trinajstić information content (AvgIpc) is 3.46. The minimum Gasteiger partial charge on any atom is -0.497 e. The Morgan fingerprint density at radius 2 is 1.91 bits per heavy atom. The number of anilines is 1. The number of rotatable bonds is 6. The number of hydrogen-bond acceptors (Lipinski definition) is 6. The van der Waals surface area contributed by atoms with Gasteiger partial charge in [0.25, 0.3) is 5.91 Å². The van der Waals surface area contributed by atoms with Gasteiger partial charge in [-0.3, -0.25) is 14.7 Å². The van der Waals surface area contributed by atoms with Crippen molar-refractivity contribution in [2.45, 2.75) is 13.5 Å². The van der Waals surface area contributed by atoms with Crippen molar-refractivity contribution in [2.24, 2.45) is 0 Å². The summed E-state index contributed by atoms with van der Waals surface area (Å²) in [4.78, 5) is 24.6. The molecule has 33 heavy (non-hydrogen) atoms. The van der Waals surface area contributed by atoms with Crippen molar-refractivity contribution in [3.63, 3.8) is 0 Å². The lowest BCUT2D eigenvalue weighted by Crippen LogP contribution is -2.31. The van der Waals surface area contributed by atoms with Crippen molar-refractivity contribution in [1.29, 1.82) is 0 Å². The summed E-state index contributed by atoms with van der Waals surface area (Å²) in [7, 11) is 1.62. The minimum absolute atomic E-state index is 0.175. The molecule has 5 aromatic rings. The lowest BCUT2D eigenvalue weighted by atomic mass is 10.2. The molecule has 3 aromatic heterocycles. The van der Waals surface area contributed by atoms with Crippen molar-refractivity contribution in [1.82, 2.24) is 19.7 Å². The van der Waals surface area contributed by atoms with Gasteiger partial charge in [-0.15, -0.1) is 0 Å². The highest BCUT2D eigenvalue weighted by molar-refractivity contribution is 7.22. The number of amides is 1. The van der Waals surface area contributed by atoms with E-state index in [1.54, 1.807) is 29.1 Å². The van der Waals surface area contributed by atoms with E-state index in [9.17, 15) is 4.79 Å². The van der Waals surface area contributed by atoms with Crippen LogP contribution in [0.4, 0.5) is 5.13 Å². The van der Waals surface area contributed by atoms with Gasteiger partial charge in [-0.25, -0.2) is 9.67 Å². The molecule has 3 heterocycles. The number of carbonyl (C=O) groups is 1. The number of pyridine rings is 1. The summed E-state index contributed by atoms with van der Waals surface area (Å²) < 4.78 is 8.07. The van der Waals surface area contributed by atoms with Crippen LogP contribution < -0.4 is 9.64 Å². The number of carbonyl (C=O) groups excluding carboxylic acids is 1. The molecule has 0 aliphatic carbocycles. The quantitative estimate of drug-likeness (QED) is 0.359. The van der Waals surface area contributed by atoms with Gasteiger partial charge in [0.1, 0.15) is 5.75 Å². The minimum atomic E-state index is -0.175. The second-order valence-corrected chi connectivity index (χ2v) is 8.44. The van der Waals surface area contributed by atoms with Gasteiger partial charge in [0.15, 0.2) is 5.13 Å². The molecule has 164 valence electrons. The summed E-state index contributed by atoms with van der Waals surface area (Å²) in [5.74, 6) is 0.549. The molecule has 8 heteroatoms. The number of ether oxygens (including phenoxy) is 1. The van der Waals surface area contributed by atoms with Crippen LogP contribution in [0.25, 0.3) is 15.9 Å². The number of benzene rings is 2. The maximum Gasteiger partial charge on any atom is 0.263 e. The molecule has 7 nitrogen and oxygen atoms in total. The molecule has 0 bridgehead atoms. The average molecular weight is 456 g/mol. The Morgan fingerprint density at radius 3 is 2.67 bits per heavy atom. The van der Waals surface area contributed by atoms with E-state index < -0.39 is 0 Å². The summed E-state index contributed by atoms with van der Waals surface area (Å²) in [6.07, 6.45) is 3.34. The summed E-state index contributed by atoms with van der Waals surface area (Å²) in [5, 5.41) is 5.07. The van der Waals surface area contributed by atoms with Crippen LogP contribution in [0.1, 0.15) is 21.7 Å². The van der Waals surface area contributed by atoms with Crippen LogP contribution >= 0.6 is 11.3 Å². The van der Waals surface area contributed by atoms with Gasteiger partial charge in [0, 0.05) is 12.3 Å². The normalized spacial score (nSPS) is 11.0. The fraction of sp³-hybridized carbons (Fsp3) is 0.120. The van der Waals surface area contributed by atoms with Crippen LogP contribution in [0.3, 0.4) is 0 Å². The predicted octanol–water partition coefficient (Wildman–Crippen LogP) is 5.04. The van der Waals surface area contributed by atoms with E-state index in [0.717, 1.165) is 33.0 Å². The molecule has 0 fully saturated rings. The maximum atomic E-state index is 13.8. The number of thiazole rings is 1. The first-order valence-electron chi connectivity index (χ1n) is 10.4. The van der Waals surface area contributed by atoms with Gasteiger partial charge in [0.2, 0.25) is 0 Å². The van der Waals surface area contributed by atoms with E-state index in [1.807, 2.05) is 73.7 Å². The van der Waals surface area contributed by atoms with Crippen LogP contribution in [-0.4, -0.2) is 32.8 Å². The van der Waals surface area contributed by atoms with E-state index in [0.29, 0.717) is 17.2 Å². The summed E-state index contributed by atoms with van der Waals surface area (Å²) in [5.41, 5.74) is 3.74. The van der Waals surface area contributed by atoms with Crippen LogP contribution in [0, 0.1) is 6.92 Å². The zero-order valence-electron chi connectivity index (χ0n) is 18.2. The molecule has 0 unspecified atom stereocenters. The van der Waals surface area contributed by atoms with Crippen molar-refractivity contribution in [3.8, 4) is 11.4 Å². The summed E-state index contributed by atoms with van der Waals surface area (Å²) in [6, 6.07) is 21.1. The highest BCUT2D eigenvalue weighted by Crippen LogP contribution is 2.33. The molecular formula is C25H21N5O2S. The summed E-state index contributed by atoms with van der Waals surface area (Å²) in [6.45, 7) is 2.20. The number of fused-ring (bicyclic) bond motifs is 1. The molecule has 0 radical (unpaired) electrons. The van der Waals surface area contributed by atoms with Crippen molar-refractivity contribution < 1.29 is 9.53 Å². The third-order valence-corrected chi connectivity index (χ3v) is 6.41. The van der Waals surface area contributed by atoms with E-state index in [1.165, 1.54) is 11.3 Å². The predicted molar refractivity (Wildman–Crippen MR) is 129 cm³/mol. The van der Waals surface area contributed by atoms with Crippen LogP contribution in [0.15, 0.2) is 79.1 Å². The molecule has 0 aliphatic rings. The number of para-hydroxylation sites is 1. The van der Waals surface area contributed by atoms with Crippen molar-refractivity contribution in [2.75, 3.05) is 12.0 Å². The maximum absolute atomic E-state index is 13.8. The second kappa shape index (κ2) is 8.84. The molecule has 2 aromatic carbocycles. The van der Waals surface area contributed by atoms with Crippen molar-refractivity contribution in [3.05, 3.63) is 96.1 Å². The van der Waals surface area contributed by atoms with Gasteiger partial charge in [-0.1, -0.05) is 35.6 Å². The highest BCUT2D eigenvalue weighted by atomic mass is 32.1. The molecular weight excluding hydrogens is 434 g/mol. The van der Waals surface area contributed by atoms with E-state index in [2.05, 4.69) is 10.1 Å². The first kappa shape index (κ1) is 20.8.